The second-order valence-electron chi connectivity index (χ2n) is 5.98. The lowest BCUT2D eigenvalue weighted by molar-refractivity contribution is -0.145. The predicted octanol–water partition coefficient (Wildman–Crippen LogP) is -0.467. The maximum absolute atomic E-state index is 12.2. The van der Waals surface area contributed by atoms with Crippen LogP contribution >= 0.6 is 0 Å². The number of carbonyl (C=O) groups excluding carboxylic acids is 4. The van der Waals surface area contributed by atoms with Crippen molar-refractivity contribution in [3.05, 3.63) is 35.9 Å². The Morgan fingerprint density at radius 2 is 1.89 bits per heavy atom. The van der Waals surface area contributed by atoms with Gasteiger partial charge in [-0.3, -0.25) is 19.7 Å². The Morgan fingerprint density at radius 3 is 2.44 bits per heavy atom. The Labute approximate surface area is 154 Å². The highest BCUT2D eigenvalue weighted by molar-refractivity contribution is 6.06. The summed E-state index contributed by atoms with van der Waals surface area (Å²) in [5, 5.41) is 15.7. The SMILES string of the molecule is C[C@@H](NC(=O)OCc1ccccc1)C(=O)NC(C(=O)O)C1CC(=O)NC1=O. The lowest BCUT2D eigenvalue weighted by atomic mass is 9.97. The molecule has 1 aromatic carbocycles. The summed E-state index contributed by atoms with van der Waals surface area (Å²) in [4.78, 5) is 58.2. The summed E-state index contributed by atoms with van der Waals surface area (Å²) in [5.74, 6) is -4.88. The summed E-state index contributed by atoms with van der Waals surface area (Å²) in [7, 11) is 0. The fourth-order valence-corrected chi connectivity index (χ4v) is 2.46. The molecule has 1 aromatic rings. The number of carbonyl (C=O) groups is 5. The number of imide groups is 1. The third-order valence-corrected chi connectivity index (χ3v) is 3.91. The molecule has 4 N–H and O–H groups in total. The van der Waals surface area contributed by atoms with Crippen molar-refractivity contribution in [3.8, 4) is 0 Å². The summed E-state index contributed by atoms with van der Waals surface area (Å²) in [6.07, 6.45) is -1.20. The Hall–Kier alpha value is -3.43. The largest absolute Gasteiger partial charge is 0.480 e. The highest BCUT2D eigenvalue weighted by atomic mass is 16.5. The van der Waals surface area contributed by atoms with E-state index in [1.54, 1.807) is 24.3 Å². The van der Waals surface area contributed by atoms with E-state index in [0.717, 1.165) is 5.56 Å². The van der Waals surface area contributed by atoms with Crippen molar-refractivity contribution in [2.45, 2.75) is 32.0 Å². The van der Waals surface area contributed by atoms with Crippen LogP contribution in [0, 0.1) is 5.92 Å². The molecule has 10 nitrogen and oxygen atoms in total. The van der Waals surface area contributed by atoms with Crippen LogP contribution in [-0.2, 0) is 30.5 Å². The smallest absolute Gasteiger partial charge is 0.408 e. The average Bonchev–Trinajstić information content (AvgIpc) is 2.96. The van der Waals surface area contributed by atoms with Gasteiger partial charge in [-0.05, 0) is 12.5 Å². The zero-order valence-electron chi connectivity index (χ0n) is 14.4. The molecular formula is C17H19N3O7. The summed E-state index contributed by atoms with van der Waals surface area (Å²) < 4.78 is 4.98. The van der Waals surface area contributed by atoms with Crippen molar-refractivity contribution < 1.29 is 33.8 Å². The molecule has 0 aliphatic carbocycles. The highest BCUT2D eigenvalue weighted by Gasteiger charge is 2.41. The molecule has 1 fully saturated rings. The molecule has 0 aromatic heterocycles. The summed E-state index contributed by atoms with van der Waals surface area (Å²) in [6, 6.07) is 6.19. The normalized spacial score (nSPS) is 18.2. The van der Waals surface area contributed by atoms with E-state index in [0.29, 0.717) is 0 Å². The Bertz CT molecular complexity index is 750. The minimum absolute atomic E-state index is 0.00310. The number of carboxylic acid groups (broad SMARTS) is 1. The van der Waals surface area contributed by atoms with E-state index in [1.165, 1.54) is 6.92 Å². The van der Waals surface area contributed by atoms with E-state index in [2.05, 4.69) is 10.6 Å². The van der Waals surface area contributed by atoms with Gasteiger partial charge in [0.25, 0.3) is 0 Å². The standard InChI is InChI=1S/C17H19N3O7/c1-9(18-17(26)27-8-10-5-3-2-4-6-10)14(22)20-13(16(24)25)11-7-12(21)19-15(11)23/h2-6,9,11,13H,7-8H2,1H3,(H,18,26)(H,20,22)(H,24,25)(H,19,21,23)/t9-,11?,13?/m1/s1. The molecule has 27 heavy (non-hydrogen) atoms. The predicted molar refractivity (Wildman–Crippen MR) is 90.0 cm³/mol. The second kappa shape index (κ2) is 8.79. The monoisotopic (exact) mass is 377 g/mol. The van der Waals surface area contributed by atoms with Gasteiger partial charge < -0.3 is 20.5 Å². The number of ether oxygens (including phenoxy) is 1. The lowest BCUT2D eigenvalue weighted by Crippen LogP contribution is -2.54. The van der Waals surface area contributed by atoms with Gasteiger partial charge in [-0.15, -0.1) is 0 Å². The van der Waals surface area contributed by atoms with Crippen molar-refractivity contribution in [1.29, 1.82) is 0 Å². The Balaban J connectivity index is 1.87. The minimum Gasteiger partial charge on any atom is -0.480 e. The fraction of sp³-hybridized carbons (Fsp3) is 0.353. The van der Waals surface area contributed by atoms with Crippen LogP contribution in [0.15, 0.2) is 30.3 Å². The van der Waals surface area contributed by atoms with E-state index < -0.39 is 47.8 Å². The summed E-state index contributed by atoms with van der Waals surface area (Å²) >= 11 is 0. The van der Waals surface area contributed by atoms with Crippen molar-refractivity contribution in [1.82, 2.24) is 16.0 Å². The van der Waals surface area contributed by atoms with Crippen LogP contribution in [0.25, 0.3) is 0 Å². The first kappa shape index (κ1) is 19.9. The van der Waals surface area contributed by atoms with E-state index in [1.807, 2.05) is 11.4 Å². The molecule has 0 radical (unpaired) electrons. The van der Waals surface area contributed by atoms with E-state index in [-0.39, 0.29) is 13.0 Å². The van der Waals surface area contributed by atoms with Crippen LogP contribution in [0.2, 0.25) is 0 Å². The van der Waals surface area contributed by atoms with Gasteiger partial charge in [-0.1, -0.05) is 30.3 Å². The van der Waals surface area contributed by atoms with Crippen LogP contribution in [0.4, 0.5) is 4.79 Å². The van der Waals surface area contributed by atoms with E-state index in [9.17, 15) is 29.1 Å². The topological polar surface area (TPSA) is 151 Å². The number of hydrogen-bond donors (Lipinski definition) is 4. The second-order valence-corrected chi connectivity index (χ2v) is 5.98. The third kappa shape index (κ3) is 5.53. The van der Waals surface area contributed by atoms with Gasteiger partial charge in [0, 0.05) is 6.42 Å². The van der Waals surface area contributed by atoms with Crippen LogP contribution in [0.1, 0.15) is 18.9 Å². The van der Waals surface area contributed by atoms with Crippen molar-refractivity contribution in [2.24, 2.45) is 5.92 Å². The molecule has 2 rings (SSSR count). The number of alkyl carbamates (subject to hydrolysis) is 1. The van der Waals surface area contributed by atoms with Gasteiger partial charge in [0.15, 0.2) is 0 Å². The number of nitrogens with one attached hydrogen (secondary N) is 3. The molecule has 10 heteroatoms. The molecule has 1 aliphatic rings. The molecule has 1 heterocycles. The minimum atomic E-state index is -1.59. The van der Waals surface area contributed by atoms with Crippen molar-refractivity contribution in [3.63, 3.8) is 0 Å². The zero-order chi connectivity index (χ0) is 20.0. The van der Waals surface area contributed by atoms with Gasteiger partial charge in [0.2, 0.25) is 17.7 Å². The molecule has 4 amide bonds. The van der Waals surface area contributed by atoms with E-state index >= 15 is 0 Å². The third-order valence-electron chi connectivity index (χ3n) is 3.91. The zero-order valence-corrected chi connectivity index (χ0v) is 14.4. The first-order chi connectivity index (χ1) is 12.8. The molecule has 3 atom stereocenters. The molecule has 0 bridgehead atoms. The molecule has 144 valence electrons. The van der Waals surface area contributed by atoms with Gasteiger partial charge in [-0.2, -0.15) is 0 Å². The van der Waals surface area contributed by atoms with Gasteiger partial charge in [0.05, 0.1) is 5.92 Å². The lowest BCUT2D eigenvalue weighted by Gasteiger charge is -2.21. The fourth-order valence-electron chi connectivity index (χ4n) is 2.46. The first-order valence-corrected chi connectivity index (χ1v) is 8.12. The van der Waals surface area contributed by atoms with Crippen LogP contribution in [-0.4, -0.2) is 47.0 Å². The Morgan fingerprint density at radius 1 is 1.22 bits per heavy atom. The maximum atomic E-state index is 12.2. The molecular weight excluding hydrogens is 358 g/mol. The Kier molecular flexibility index (Phi) is 6.47. The number of amides is 4. The van der Waals surface area contributed by atoms with Crippen LogP contribution in [0.3, 0.4) is 0 Å². The summed E-state index contributed by atoms with van der Waals surface area (Å²) in [6.45, 7) is 1.33. The molecule has 0 saturated carbocycles. The van der Waals surface area contributed by atoms with Gasteiger partial charge >= 0.3 is 12.1 Å². The van der Waals surface area contributed by atoms with E-state index in [4.69, 9.17) is 4.74 Å². The molecule has 1 aliphatic heterocycles. The number of carboxylic acids is 1. The number of hydrogen-bond acceptors (Lipinski definition) is 6. The molecule has 1 saturated heterocycles. The number of rotatable bonds is 7. The quantitative estimate of drug-likeness (QED) is 0.469. The van der Waals surface area contributed by atoms with Crippen LogP contribution in [0.5, 0.6) is 0 Å². The molecule has 2 unspecified atom stereocenters. The van der Waals surface area contributed by atoms with Crippen molar-refractivity contribution in [2.75, 3.05) is 0 Å². The van der Waals surface area contributed by atoms with Crippen LogP contribution < -0.4 is 16.0 Å². The van der Waals surface area contributed by atoms with Gasteiger partial charge in [-0.25, -0.2) is 9.59 Å². The van der Waals surface area contributed by atoms with Gasteiger partial charge in [0.1, 0.15) is 18.7 Å². The number of benzene rings is 1. The highest BCUT2D eigenvalue weighted by Crippen LogP contribution is 2.16. The average molecular weight is 377 g/mol. The number of aliphatic carboxylic acids is 1. The summed E-state index contributed by atoms with van der Waals surface area (Å²) in [5.41, 5.74) is 0.757. The first-order valence-electron chi connectivity index (χ1n) is 8.12. The molecule has 0 spiro atoms. The maximum Gasteiger partial charge on any atom is 0.408 e. The van der Waals surface area contributed by atoms with Crippen molar-refractivity contribution >= 4 is 29.8 Å².